The molecule has 0 aliphatic rings. The fourth-order valence-electron chi connectivity index (χ4n) is 3.30. The lowest BCUT2D eigenvalue weighted by atomic mass is 9.96. The third-order valence-electron chi connectivity index (χ3n) is 4.88. The zero-order valence-electron chi connectivity index (χ0n) is 17.8. The van der Waals surface area contributed by atoms with Crippen molar-refractivity contribution in [1.29, 1.82) is 0 Å². The molecule has 0 saturated heterocycles. The molecule has 10 heteroatoms. The number of hydrogen-bond donors (Lipinski definition) is 3. The molecule has 0 bridgehead atoms. The van der Waals surface area contributed by atoms with Gasteiger partial charge in [-0.3, -0.25) is 4.57 Å². The van der Waals surface area contributed by atoms with E-state index in [1.165, 1.54) is 6.07 Å². The number of phenolic OH excluding ortho intramolecular Hbond substituents is 1. The van der Waals surface area contributed by atoms with E-state index in [1.54, 1.807) is 36.4 Å². The fraction of sp³-hybridized carbons (Fsp3) is 0.217. The molecule has 3 N–H and O–H groups in total. The van der Waals surface area contributed by atoms with Crippen molar-refractivity contribution in [2.75, 3.05) is 6.35 Å². The van der Waals surface area contributed by atoms with Crippen LogP contribution in [0.1, 0.15) is 27.8 Å². The Balaban J connectivity index is 1.72. The Morgan fingerprint density at radius 3 is 2.00 bits per heavy atom. The molecule has 0 amide bonds. The van der Waals surface area contributed by atoms with Gasteiger partial charge in [0.25, 0.3) is 0 Å². The molecule has 0 fully saturated rings. The quantitative estimate of drug-likeness (QED) is 0.362. The van der Waals surface area contributed by atoms with Crippen LogP contribution in [-0.4, -0.2) is 21.2 Å². The van der Waals surface area contributed by atoms with Gasteiger partial charge in [-0.2, -0.15) is 13.2 Å². The summed E-state index contributed by atoms with van der Waals surface area (Å²) in [4.78, 5) is 17.9. The number of alkyl halides is 3. The molecule has 6 nitrogen and oxygen atoms in total. The molecule has 0 aromatic heterocycles. The second-order valence-electron chi connectivity index (χ2n) is 7.57. The van der Waals surface area contributed by atoms with E-state index in [2.05, 4.69) is 0 Å². The highest BCUT2D eigenvalue weighted by Gasteiger charge is 2.34. The Morgan fingerprint density at radius 1 is 0.879 bits per heavy atom. The van der Waals surface area contributed by atoms with Gasteiger partial charge in [-0.05, 0) is 85.0 Å². The number of phenols is 1. The maximum Gasteiger partial charge on any atom is 0.420 e. The van der Waals surface area contributed by atoms with Gasteiger partial charge < -0.3 is 24.4 Å². The van der Waals surface area contributed by atoms with Gasteiger partial charge in [0.2, 0.25) is 0 Å². The van der Waals surface area contributed by atoms with Gasteiger partial charge in [0.15, 0.2) is 6.35 Å². The average Bonchev–Trinajstić information content (AvgIpc) is 2.70. The first-order valence-electron chi connectivity index (χ1n) is 9.76. The van der Waals surface area contributed by atoms with Gasteiger partial charge in [-0.15, -0.1) is 0 Å². The Bertz CT molecular complexity index is 1160. The molecule has 3 aromatic rings. The van der Waals surface area contributed by atoms with E-state index in [0.29, 0.717) is 17.9 Å². The number of rotatable bonds is 7. The largest absolute Gasteiger partial charge is 0.507 e. The van der Waals surface area contributed by atoms with E-state index < -0.39 is 31.4 Å². The summed E-state index contributed by atoms with van der Waals surface area (Å²) < 4.78 is 60.5. The number of hydrogen-bond acceptors (Lipinski definition) is 4. The van der Waals surface area contributed by atoms with Crippen LogP contribution < -0.4 is 9.47 Å². The smallest absolute Gasteiger partial charge is 0.420 e. The zero-order valence-corrected chi connectivity index (χ0v) is 18.7. The van der Waals surface area contributed by atoms with Crippen LogP contribution in [0.4, 0.5) is 13.2 Å². The van der Waals surface area contributed by atoms with Gasteiger partial charge in [0.05, 0.1) is 0 Å². The molecule has 0 saturated carbocycles. The van der Waals surface area contributed by atoms with E-state index in [1.807, 2.05) is 13.8 Å². The molecule has 0 heterocycles. The Kier molecular flexibility index (Phi) is 7.07. The monoisotopic (exact) mass is 482 g/mol. The minimum Gasteiger partial charge on any atom is -0.507 e. The van der Waals surface area contributed by atoms with E-state index in [9.17, 15) is 22.8 Å². The summed E-state index contributed by atoms with van der Waals surface area (Å²) in [6, 6.07) is 13.2. The maximum atomic E-state index is 13.0. The Morgan fingerprint density at radius 2 is 1.45 bits per heavy atom. The van der Waals surface area contributed by atoms with Crippen molar-refractivity contribution < 1.29 is 42.1 Å². The zero-order chi connectivity index (χ0) is 24.4. The molecule has 0 radical (unpaired) electrons. The average molecular weight is 482 g/mol. The van der Waals surface area contributed by atoms with Crippen LogP contribution in [0.15, 0.2) is 54.6 Å². The van der Waals surface area contributed by atoms with Crippen LogP contribution >= 0.6 is 7.60 Å². The minimum absolute atomic E-state index is 0.0505. The van der Waals surface area contributed by atoms with E-state index in [4.69, 9.17) is 19.3 Å². The van der Waals surface area contributed by atoms with Crippen LogP contribution in [0.25, 0.3) is 0 Å². The van der Waals surface area contributed by atoms with Crippen molar-refractivity contribution in [1.82, 2.24) is 0 Å². The summed E-state index contributed by atoms with van der Waals surface area (Å²) >= 11 is 0. The van der Waals surface area contributed by atoms with Crippen LogP contribution in [0.5, 0.6) is 23.0 Å². The van der Waals surface area contributed by atoms with Gasteiger partial charge in [-0.1, -0.05) is 12.1 Å². The highest BCUT2D eigenvalue weighted by Crippen LogP contribution is 2.39. The summed E-state index contributed by atoms with van der Waals surface area (Å²) in [5.41, 5.74) is 2.55. The second kappa shape index (κ2) is 9.47. The van der Waals surface area contributed by atoms with E-state index in [0.717, 1.165) is 34.4 Å². The van der Waals surface area contributed by atoms with Gasteiger partial charge >= 0.3 is 13.8 Å². The lowest BCUT2D eigenvalue weighted by molar-refractivity contribution is -0.138. The molecular weight excluding hydrogens is 460 g/mol. The molecular formula is C23H22F3O6P. The predicted molar refractivity (Wildman–Crippen MR) is 116 cm³/mol. The lowest BCUT2D eigenvalue weighted by Gasteiger charge is -2.15. The number of benzene rings is 3. The summed E-state index contributed by atoms with van der Waals surface area (Å²) in [5, 5.41) is 9.42. The Hall–Kier alpha value is -3.00. The van der Waals surface area contributed by atoms with E-state index in [-0.39, 0.29) is 5.75 Å². The molecule has 0 aliphatic heterocycles. The van der Waals surface area contributed by atoms with E-state index >= 15 is 0 Å². The van der Waals surface area contributed by atoms with Crippen molar-refractivity contribution in [3.8, 4) is 23.0 Å². The normalized spacial score (nSPS) is 12.0. The van der Waals surface area contributed by atoms with Crippen LogP contribution in [0.3, 0.4) is 0 Å². The fourth-order valence-corrected chi connectivity index (χ4v) is 3.61. The summed E-state index contributed by atoms with van der Waals surface area (Å²) in [5.74, 6) is -0.209. The van der Waals surface area contributed by atoms with Crippen molar-refractivity contribution in [2.45, 2.75) is 26.4 Å². The molecule has 176 valence electrons. The van der Waals surface area contributed by atoms with Crippen molar-refractivity contribution in [3.05, 3.63) is 82.4 Å². The highest BCUT2D eigenvalue weighted by atomic mass is 31.2. The first-order valence-corrected chi connectivity index (χ1v) is 11.6. The van der Waals surface area contributed by atoms with Crippen molar-refractivity contribution in [3.63, 3.8) is 0 Å². The third kappa shape index (κ3) is 6.74. The van der Waals surface area contributed by atoms with Crippen molar-refractivity contribution in [2.24, 2.45) is 0 Å². The summed E-state index contributed by atoms with van der Waals surface area (Å²) in [7, 11) is -4.27. The third-order valence-corrected chi connectivity index (χ3v) is 5.35. The van der Waals surface area contributed by atoms with Gasteiger partial charge in [-0.25, -0.2) is 0 Å². The predicted octanol–water partition coefficient (Wildman–Crippen LogP) is 5.92. The molecule has 3 rings (SSSR count). The topological polar surface area (TPSA) is 96.2 Å². The van der Waals surface area contributed by atoms with Crippen LogP contribution in [-0.2, 0) is 17.2 Å². The number of ether oxygens (including phenoxy) is 2. The molecule has 0 spiro atoms. The van der Waals surface area contributed by atoms with Crippen LogP contribution in [0, 0.1) is 13.8 Å². The SMILES string of the molecule is Cc1cc(OCP(=O)(O)O)cc(C)c1Cc1ccc(Oc2ccc(O)c(C(F)(F)F)c2)cc1. The summed E-state index contributed by atoms with van der Waals surface area (Å²) in [6.07, 6.45) is -4.83. The van der Waals surface area contributed by atoms with Gasteiger partial charge in [0.1, 0.15) is 28.6 Å². The number of aromatic hydroxyl groups is 1. The first-order chi connectivity index (χ1) is 15.3. The molecule has 3 aromatic carbocycles. The minimum atomic E-state index is -4.69. The Labute approximate surface area is 188 Å². The summed E-state index contributed by atoms with van der Waals surface area (Å²) in [6.45, 7) is 3.74. The molecule has 33 heavy (non-hydrogen) atoms. The first kappa shape index (κ1) is 24.6. The standard InChI is InChI=1S/C23H22F3O6P/c1-14-9-19(31-13-33(28,29)30)10-15(2)20(14)11-16-3-5-17(6-4-16)32-18-7-8-22(27)21(12-18)23(24,25)26/h3-10,12,27H,11,13H2,1-2H3,(H2,28,29,30). The van der Waals surface area contributed by atoms with Crippen LogP contribution in [0.2, 0.25) is 0 Å². The number of aryl methyl sites for hydroxylation is 2. The molecule has 0 unspecified atom stereocenters. The second-order valence-corrected chi connectivity index (χ2v) is 9.16. The highest BCUT2D eigenvalue weighted by molar-refractivity contribution is 7.51. The van der Waals surface area contributed by atoms with Gasteiger partial charge in [0, 0.05) is 0 Å². The maximum absolute atomic E-state index is 13.0. The molecule has 0 atom stereocenters. The number of halogens is 3. The molecule has 0 aliphatic carbocycles. The lowest BCUT2D eigenvalue weighted by Crippen LogP contribution is -2.05. The van der Waals surface area contributed by atoms with Crippen molar-refractivity contribution >= 4 is 7.60 Å².